The average molecular weight is 276 g/mol. The first-order chi connectivity index (χ1) is 8.99. The number of hydrogen-bond donors (Lipinski definition) is 0. The van der Waals surface area contributed by atoms with E-state index in [-0.39, 0.29) is 13.2 Å². The lowest BCUT2D eigenvalue weighted by Gasteiger charge is -2.40. The quantitative estimate of drug-likeness (QED) is 0.649. The van der Waals surface area contributed by atoms with Gasteiger partial charge in [0.1, 0.15) is 24.9 Å². The van der Waals surface area contributed by atoms with Gasteiger partial charge in [0.05, 0.1) is 6.61 Å². The summed E-state index contributed by atoms with van der Waals surface area (Å²) in [5.74, 6) is -0.835. The topological polar surface area (TPSA) is 80.3 Å². The van der Waals surface area contributed by atoms with Crippen LogP contribution in [0.15, 0.2) is 0 Å². The van der Waals surface area contributed by atoms with Crippen molar-refractivity contribution in [2.75, 3.05) is 27.4 Å². The molecule has 0 amide bonds. The largest absolute Gasteiger partial charge is 0.463 e. The molecular weight excluding hydrogens is 256 g/mol. The van der Waals surface area contributed by atoms with E-state index in [0.717, 1.165) is 0 Å². The zero-order valence-electron chi connectivity index (χ0n) is 11.6. The summed E-state index contributed by atoms with van der Waals surface area (Å²) >= 11 is 0. The van der Waals surface area contributed by atoms with Crippen LogP contribution in [-0.4, -0.2) is 63.8 Å². The van der Waals surface area contributed by atoms with Crippen LogP contribution in [0.4, 0.5) is 0 Å². The van der Waals surface area contributed by atoms with Gasteiger partial charge in [0.25, 0.3) is 0 Å². The van der Waals surface area contributed by atoms with Crippen molar-refractivity contribution in [3.63, 3.8) is 0 Å². The Morgan fingerprint density at radius 1 is 1.11 bits per heavy atom. The van der Waals surface area contributed by atoms with Crippen molar-refractivity contribution < 1.29 is 33.3 Å². The summed E-state index contributed by atoms with van der Waals surface area (Å²) in [6.07, 6.45) is -2.06. The molecule has 0 unspecified atom stereocenters. The van der Waals surface area contributed by atoms with Crippen molar-refractivity contribution >= 4 is 11.9 Å². The third-order valence-corrected chi connectivity index (χ3v) is 2.86. The zero-order chi connectivity index (χ0) is 14.4. The summed E-state index contributed by atoms with van der Waals surface area (Å²) in [7, 11) is 2.98. The number of carbonyl (C=O) groups excluding carboxylic acids is 2. The average Bonchev–Trinajstić information content (AvgIpc) is 2.35. The molecular formula is C12H20O7. The molecule has 0 bridgehead atoms. The van der Waals surface area contributed by atoms with Gasteiger partial charge in [-0.15, -0.1) is 0 Å². The van der Waals surface area contributed by atoms with Crippen molar-refractivity contribution in [2.45, 2.75) is 38.3 Å². The molecule has 0 aromatic heterocycles. The van der Waals surface area contributed by atoms with Crippen LogP contribution in [-0.2, 0) is 33.3 Å². The monoisotopic (exact) mass is 276 g/mol. The van der Waals surface area contributed by atoms with Gasteiger partial charge in [0.2, 0.25) is 0 Å². The third-order valence-electron chi connectivity index (χ3n) is 2.86. The number of carbonyl (C=O) groups is 2. The molecule has 0 aromatic rings. The molecule has 1 rings (SSSR count). The minimum absolute atomic E-state index is 0.0437. The molecule has 4 atom stereocenters. The first-order valence-electron chi connectivity index (χ1n) is 5.97. The number of methoxy groups -OCH3 is 2. The minimum Gasteiger partial charge on any atom is -0.463 e. The van der Waals surface area contributed by atoms with Gasteiger partial charge in [-0.2, -0.15) is 0 Å². The Morgan fingerprint density at radius 3 is 2.26 bits per heavy atom. The van der Waals surface area contributed by atoms with E-state index in [1.807, 2.05) is 0 Å². The molecule has 19 heavy (non-hydrogen) atoms. The highest BCUT2D eigenvalue weighted by Crippen LogP contribution is 2.23. The Labute approximate surface area is 112 Å². The van der Waals surface area contributed by atoms with Gasteiger partial charge in [-0.3, -0.25) is 9.59 Å². The minimum atomic E-state index is -0.596. The van der Waals surface area contributed by atoms with Crippen molar-refractivity contribution in [1.82, 2.24) is 0 Å². The highest BCUT2D eigenvalue weighted by atomic mass is 16.6. The molecule has 0 radical (unpaired) electrons. The maximum atomic E-state index is 11.1. The molecule has 1 saturated heterocycles. The second-order valence-corrected chi connectivity index (χ2v) is 4.22. The van der Waals surface area contributed by atoms with Crippen LogP contribution in [0.5, 0.6) is 0 Å². The number of esters is 2. The van der Waals surface area contributed by atoms with E-state index in [0.29, 0.717) is 0 Å². The predicted molar refractivity (Wildman–Crippen MR) is 63.5 cm³/mol. The van der Waals surface area contributed by atoms with Gasteiger partial charge in [0, 0.05) is 28.1 Å². The molecule has 1 aliphatic heterocycles. The lowest BCUT2D eigenvalue weighted by molar-refractivity contribution is -0.225. The molecule has 1 heterocycles. The van der Waals surface area contributed by atoms with Gasteiger partial charge in [-0.25, -0.2) is 0 Å². The van der Waals surface area contributed by atoms with Gasteiger partial charge in [0.15, 0.2) is 6.10 Å². The van der Waals surface area contributed by atoms with Crippen LogP contribution in [0.2, 0.25) is 0 Å². The smallest absolute Gasteiger partial charge is 0.303 e. The molecule has 0 aliphatic carbocycles. The molecule has 0 N–H and O–H groups in total. The maximum absolute atomic E-state index is 11.1. The summed E-state index contributed by atoms with van der Waals surface area (Å²) in [5.41, 5.74) is 0. The lowest BCUT2D eigenvalue weighted by atomic mass is 10.00. The van der Waals surface area contributed by atoms with E-state index in [1.165, 1.54) is 28.1 Å². The number of rotatable bonds is 5. The fourth-order valence-electron chi connectivity index (χ4n) is 2.00. The Bertz CT molecular complexity index is 317. The van der Waals surface area contributed by atoms with Crippen molar-refractivity contribution in [3.05, 3.63) is 0 Å². The fourth-order valence-corrected chi connectivity index (χ4v) is 2.00. The van der Waals surface area contributed by atoms with Crippen LogP contribution in [0, 0.1) is 0 Å². The summed E-state index contributed by atoms with van der Waals surface area (Å²) in [5, 5.41) is 0. The van der Waals surface area contributed by atoms with Crippen LogP contribution in [0.3, 0.4) is 0 Å². The van der Waals surface area contributed by atoms with Crippen molar-refractivity contribution in [1.29, 1.82) is 0 Å². The number of ether oxygens (including phenoxy) is 5. The molecule has 110 valence electrons. The lowest BCUT2D eigenvalue weighted by Crippen LogP contribution is -2.57. The van der Waals surface area contributed by atoms with Crippen LogP contribution >= 0.6 is 0 Å². The predicted octanol–water partition coefficient (Wildman–Crippen LogP) is -0.0900. The summed E-state index contributed by atoms with van der Waals surface area (Å²) < 4.78 is 26.2. The second-order valence-electron chi connectivity index (χ2n) is 4.22. The molecule has 7 nitrogen and oxygen atoms in total. The fraction of sp³-hybridized carbons (Fsp3) is 0.833. The summed E-state index contributed by atoms with van der Waals surface area (Å²) in [6, 6.07) is 0. The van der Waals surface area contributed by atoms with E-state index < -0.39 is 36.4 Å². The van der Waals surface area contributed by atoms with Gasteiger partial charge in [-0.05, 0) is 0 Å². The first kappa shape index (κ1) is 15.9. The zero-order valence-corrected chi connectivity index (χ0v) is 11.6. The second kappa shape index (κ2) is 7.42. The van der Waals surface area contributed by atoms with E-state index >= 15 is 0 Å². The molecule has 1 fully saturated rings. The van der Waals surface area contributed by atoms with Gasteiger partial charge in [-0.1, -0.05) is 0 Å². The van der Waals surface area contributed by atoms with Crippen LogP contribution in [0.1, 0.15) is 13.8 Å². The Morgan fingerprint density at radius 2 is 1.79 bits per heavy atom. The SMILES string of the molecule is CO[C@@H]1[C@@H](OC(C)=O)[C@@H](OC)CO[C@@H]1COC(C)=O. The molecule has 0 spiro atoms. The van der Waals surface area contributed by atoms with Crippen LogP contribution in [0.25, 0.3) is 0 Å². The van der Waals surface area contributed by atoms with E-state index in [1.54, 1.807) is 0 Å². The summed E-state index contributed by atoms with van der Waals surface area (Å²) in [6.45, 7) is 2.91. The molecule has 7 heteroatoms. The third kappa shape index (κ3) is 4.45. The summed E-state index contributed by atoms with van der Waals surface area (Å²) in [4.78, 5) is 22.0. The highest BCUT2D eigenvalue weighted by Gasteiger charge is 2.43. The molecule has 0 aromatic carbocycles. The maximum Gasteiger partial charge on any atom is 0.303 e. The standard InChI is InChI=1S/C12H20O7/c1-7(13)17-6-10-11(16-4)12(19-8(2)14)9(15-3)5-18-10/h9-12H,5-6H2,1-4H3/t9-,10+,11-,12-/m0/s1. The van der Waals surface area contributed by atoms with Crippen molar-refractivity contribution in [3.8, 4) is 0 Å². The molecule has 1 aliphatic rings. The van der Waals surface area contributed by atoms with Gasteiger partial charge >= 0.3 is 11.9 Å². The Hall–Kier alpha value is -1.18. The van der Waals surface area contributed by atoms with Crippen molar-refractivity contribution in [2.24, 2.45) is 0 Å². The number of hydrogen-bond acceptors (Lipinski definition) is 7. The van der Waals surface area contributed by atoms with Crippen LogP contribution < -0.4 is 0 Å². The first-order valence-corrected chi connectivity index (χ1v) is 5.97. The highest BCUT2D eigenvalue weighted by molar-refractivity contribution is 5.66. The Balaban J connectivity index is 2.75. The van der Waals surface area contributed by atoms with E-state index in [2.05, 4.69) is 0 Å². The van der Waals surface area contributed by atoms with E-state index in [9.17, 15) is 9.59 Å². The normalized spacial score (nSPS) is 30.7. The Kier molecular flexibility index (Phi) is 6.20. The van der Waals surface area contributed by atoms with E-state index in [4.69, 9.17) is 23.7 Å². The van der Waals surface area contributed by atoms with Gasteiger partial charge < -0.3 is 23.7 Å². The molecule has 0 saturated carbocycles.